The van der Waals surface area contributed by atoms with Crippen LogP contribution in [-0.4, -0.2) is 115 Å². The Bertz CT molecular complexity index is 2640. The third-order valence-corrected chi connectivity index (χ3v) is 11.9. The predicted octanol–water partition coefficient (Wildman–Crippen LogP) is 7.60. The van der Waals surface area contributed by atoms with E-state index in [2.05, 4.69) is 50.3 Å². The smallest absolute Gasteiger partial charge is 0.266 e. The summed E-state index contributed by atoms with van der Waals surface area (Å²) in [6.45, 7) is 11.7. The van der Waals surface area contributed by atoms with Crippen LogP contribution in [0.15, 0.2) is 60.9 Å². The number of nitrogens with zero attached hydrogens (tertiary/aromatic N) is 9. The molecule has 0 bridgehead atoms. The normalized spacial score (nSPS) is 17.7. The fraction of sp³-hybridized carbons (Fsp3) is 0.435. The van der Waals surface area contributed by atoms with Gasteiger partial charge in [-0.3, -0.25) is 4.90 Å². The molecular formula is C46H53F6N11O3. The summed E-state index contributed by atoms with van der Waals surface area (Å²) in [7, 11) is 0. The highest BCUT2D eigenvalue weighted by atomic mass is 19.3. The van der Waals surface area contributed by atoms with Gasteiger partial charge in [0.15, 0.2) is 0 Å². The molecule has 2 aliphatic heterocycles. The van der Waals surface area contributed by atoms with Gasteiger partial charge < -0.3 is 35.8 Å². The van der Waals surface area contributed by atoms with Crippen LogP contribution in [0.25, 0.3) is 21.8 Å². The molecule has 3 atom stereocenters. The molecule has 20 heteroatoms. The first-order valence-electron chi connectivity index (χ1n) is 21.7. The molecule has 66 heavy (non-hydrogen) atoms. The van der Waals surface area contributed by atoms with Crippen LogP contribution in [-0.2, 0) is 0 Å². The Balaban J connectivity index is 0.000000196. The monoisotopic (exact) mass is 921 g/mol. The molecule has 352 valence electrons. The van der Waals surface area contributed by atoms with Crippen molar-refractivity contribution in [3.8, 4) is 0 Å². The van der Waals surface area contributed by atoms with Gasteiger partial charge in [0.2, 0.25) is 0 Å². The number of hydrogen-bond donors (Lipinski definition) is 5. The Kier molecular flexibility index (Phi) is 15.0. The van der Waals surface area contributed by atoms with Crippen LogP contribution in [0, 0.1) is 25.5 Å². The van der Waals surface area contributed by atoms with Crippen LogP contribution >= 0.6 is 0 Å². The van der Waals surface area contributed by atoms with Gasteiger partial charge in [0.25, 0.3) is 12.9 Å². The number of aliphatic hydroxyl groups excluding tert-OH is 2. The first-order chi connectivity index (χ1) is 31.6. The minimum atomic E-state index is -2.90. The lowest BCUT2D eigenvalue weighted by atomic mass is 10.00. The summed E-state index contributed by atoms with van der Waals surface area (Å²) in [5.74, 6) is 1.47. The summed E-state index contributed by atoms with van der Waals surface area (Å²) in [5.41, 5.74) is -0.754. The molecule has 0 saturated carbocycles. The van der Waals surface area contributed by atoms with E-state index in [1.54, 1.807) is 46.2 Å². The predicted molar refractivity (Wildman–Crippen MR) is 240 cm³/mol. The highest BCUT2D eigenvalue weighted by molar-refractivity contribution is 5.91. The van der Waals surface area contributed by atoms with Crippen molar-refractivity contribution in [3.05, 3.63) is 106 Å². The number of halogens is 6. The van der Waals surface area contributed by atoms with Crippen LogP contribution < -0.4 is 20.4 Å². The summed E-state index contributed by atoms with van der Waals surface area (Å²) in [6.07, 6.45) is -1.69. The molecule has 1 unspecified atom stereocenters. The number of aromatic nitrogens is 6. The highest BCUT2D eigenvalue weighted by Crippen LogP contribution is 2.35. The molecule has 2 aromatic carbocycles. The minimum absolute atomic E-state index is 0.0993. The second kappa shape index (κ2) is 20.7. The summed E-state index contributed by atoms with van der Waals surface area (Å²) in [6, 6.07) is 10.4. The maximum Gasteiger partial charge on any atom is 0.266 e. The largest absolute Gasteiger partial charge is 0.396 e. The zero-order chi connectivity index (χ0) is 47.3. The number of benzene rings is 2. The summed E-state index contributed by atoms with van der Waals surface area (Å²) in [5, 5.41) is 36.6. The number of nitrogens with one attached hydrogen (secondary N) is 2. The Labute approximate surface area is 377 Å². The van der Waals surface area contributed by atoms with E-state index in [1.807, 2.05) is 11.0 Å². The summed E-state index contributed by atoms with van der Waals surface area (Å²) in [4.78, 5) is 33.1. The van der Waals surface area contributed by atoms with Gasteiger partial charge in [-0.15, -0.1) is 0 Å². The van der Waals surface area contributed by atoms with Crippen molar-refractivity contribution in [2.45, 2.75) is 71.1 Å². The van der Waals surface area contributed by atoms with E-state index < -0.39 is 53.3 Å². The lowest BCUT2D eigenvalue weighted by Crippen LogP contribution is -2.47. The van der Waals surface area contributed by atoms with Crippen molar-refractivity contribution in [1.29, 1.82) is 0 Å². The summed E-state index contributed by atoms with van der Waals surface area (Å²) < 4.78 is 81.9. The van der Waals surface area contributed by atoms with Gasteiger partial charge in [-0.05, 0) is 46.2 Å². The molecule has 14 nitrogen and oxygen atoms in total. The van der Waals surface area contributed by atoms with Gasteiger partial charge >= 0.3 is 0 Å². The second-order valence-electron chi connectivity index (χ2n) is 16.6. The van der Waals surface area contributed by atoms with Crippen LogP contribution in [0.4, 0.5) is 49.6 Å². The van der Waals surface area contributed by atoms with Crippen molar-refractivity contribution >= 4 is 45.1 Å². The number of aliphatic hydroxyl groups is 3. The van der Waals surface area contributed by atoms with Crippen LogP contribution in [0.2, 0.25) is 0 Å². The van der Waals surface area contributed by atoms with Crippen molar-refractivity contribution in [1.82, 2.24) is 34.8 Å². The van der Waals surface area contributed by atoms with Crippen molar-refractivity contribution < 1.29 is 41.7 Å². The van der Waals surface area contributed by atoms with Crippen molar-refractivity contribution in [2.75, 3.05) is 79.5 Å². The lowest BCUT2D eigenvalue weighted by Gasteiger charge is -2.35. The van der Waals surface area contributed by atoms with Gasteiger partial charge in [0, 0.05) is 80.7 Å². The standard InChI is InChI=1S/C23H27F3N6O.C23H26F3N5O2/c1-14(16-4-3-5-17(21(16)24)22(25)26)28-23-18-12-20(27-13-19(18)29-15(2)30-23)32-8-6-31(7-9-32)10-11-33;1-13(15-4-3-5-16(20(15)24)21(25)26)28-22-17-10-19(27-11-18(17)29-14(2)30-22)31-8-6-23(33,12-31)7-9-32/h3-5,12-14,22,33H,6-11H2,1-2H3,(H,28,29,30);3-5,10-11,13,21,32-33H,6-9,12H2,1-2H3,(H,28,29,30)/t14-;13-,23?/m11/s1. The van der Waals surface area contributed by atoms with Crippen LogP contribution in [0.3, 0.4) is 0 Å². The first kappa shape index (κ1) is 48.0. The minimum Gasteiger partial charge on any atom is -0.396 e. The molecule has 2 fully saturated rings. The van der Waals surface area contributed by atoms with Gasteiger partial charge in [0.1, 0.15) is 46.6 Å². The third-order valence-electron chi connectivity index (χ3n) is 11.9. The van der Waals surface area contributed by atoms with E-state index in [1.165, 1.54) is 24.3 Å². The highest BCUT2D eigenvalue weighted by Gasteiger charge is 2.36. The quantitative estimate of drug-likeness (QED) is 0.0677. The van der Waals surface area contributed by atoms with Crippen LogP contribution in [0.5, 0.6) is 0 Å². The fourth-order valence-corrected chi connectivity index (χ4v) is 8.36. The SMILES string of the molecule is Cc1nc(N[C@H](C)c2cccc(C(F)F)c2F)c2cc(N3CCC(O)(CCO)C3)ncc2n1.Cc1nc(N[C@H](C)c2cccc(C(F)F)c2F)c2cc(N3CCN(CCO)CC3)ncc2n1. The zero-order valence-electron chi connectivity index (χ0n) is 37.0. The summed E-state index contributed by atoms with van der Waals surface area (Å²) >= 11 is 0. The van der Waals surface area contributed by atoms with E-state index in [-0.39, 0.29) is 30.8 Å². The number of anilines is 4. The number of hydrogen-bond acceptors (Lipinski definition) is 14. The Morgan fingerprint density at radius 3 is 1.58 bits per heavy atom. The zero-order valence-corrected chi connectivity index (χ0v) is 37.0. The molecule has 0 radical (unpaired) electrons. The molecule has 0 amide bonds. The number of alkyl halides is 4. The van der Waals surface area contributed by atoms with Gasteiger partial charge in [-0.2, -0.15) is 0 Å². The number of aryl methyl sites for hydroxylation is 2. The Morgan fingerprint density at radius 2 is 1.12 bits per heavy atom. The lowest BCUT2D eigenvalue weighted by molar-refractivity contribution is 0.0364. The number of β-amino-alcohol motifs (C(OH)–C–C–N with tert-alkyl or cyclic N) is 2. The van der Waals surface area contributed by atoms with E-state index in [9.17, 15) is 36.6 Å². The Hall–Kier alpha value is -5.96. The van der Waals surface area contributed by atoms with Gasteiger partial charge in [-0.1, -0.05) is 36.4 Å². The van der Waals surface area contributed by atoms with Gasteiger partial charge in [-0.25, -0.2) is 56.2 Å². The maximum absolute atomic E-state index is 14.7. The molecule has 5 N–H and O–H groups in total. The average Bonchev–Trinajstić information content (AvgIpc) is 3.67. The average molecular weight is 922 g/mol. The molecule has 0 spiro atoms. The van der Waals surface area contributed by atoms with E-state index in [0.29, 0.717) is 71.6 Å². The first-order valence-corrected chi connectivity index (χ1v) is 21.7. The molecule has 4 aromatic heterocycles. The van der Waals surface area contributed by atoms with E-state index >= 15 is 0 Å². The fourth-order valence-electron chi connectivity index (χ4n) is 8.36. The van der Waals surface area contributed by atoms with Gasteiger partial charge in [0.05, 0.1) is 58.8 Å². The molecule has 0 aliphatic carbocycles. The molecule has 6 heterocycles. The number of fused-ring (bicyclic) bond motifs is 2. The molecule has 2 saturated heterocycles. The van der Waals surface area contributed by atoms with Crippen molar-refractivity contribution in [2.24, 2.45) is 0 Å². The third kappa shape index (κ3) is 10.8. The van der Waals surface area contributed by atoms with Crippen LogP contribution in [0.1, 0.15) is 85.5 Å². The number of pyridine rings is 2. The maximum atomic E-state index is 14.7. The number of piperazine rings is 1. The molecule has 2 aliphatic rings. The topological polar surface area (TPSA) is 172 Å². The van der Waals surface area contributed by atoms with E-state index in [0.717, 1.165) is 49.5 Å². The van der Waals surface area contributed by atoms with E-state index in [4.69, 9.17) is 5.11 Å². The Morgan fingerprint density at radius 1 is 0.652 bits per heavy atom. The molecule has 8 rings (SSSR count). The van der Waals surface area contributed by atoms with Crippen molar-refractivity contribution in [3.63, 3.8) is 0 Å². The second-order valence-corrected chi connectivity index (χ2v) is 16.6. The molecular weight excluding hydrogens is 869 g/mol. The number of rotatable bonds is 14. The molecule has 6 aromatic rings.